The number of carbonyl (C=O) groups is 2. The smallest absolute Gasteiger partial charge is 0.309 e. The third-order valence-electron chi connectivity index (χ3n) is 3.26. The van der Waals surface area contributed by atoms with Gasteiger partial charge < -0.3 is 9.64 Å². The molecular formula is C13H26N2O3. The van der Waals surface area contributed by atoms with Gasteiger partial charge in [0.1, 0.15) is 0 Å². The lowest BCUT2D eigenvalue weighted by Gasteiger charge is -2.30. The molecule has 106 valence electrons. The quantitative estimate of drug-likeness (QED) is 0.639. The minimum absolute atomic E-state index is 0.0968. The average molecular weight is 258 g/mol. The van der Waals surface area contributed by atoms with Gasteiger partial charge in [-0.15, -0.1) is 0 Å². The lowest BCUT2D eigenvalue weighted by Crippen LogP contribution is -2.47. The van der Waals surface area contributed by atoms with Gasteiger partial charge in [-0.25, -0.2) is 0 Å². The number of carbonyl (C=O) groups excluding carboxylic acids is 2. The Morgan fingerprint density at radius 1 is 1.17 bits per heavy atom. The molecule has 0 rings (SSSR count). The number of amides is 1. The van der Waals surface area contributed by atoms with Gasteiger partial charge in [0.15, 0.2) is 0 Å². The van der Waals surface area contributed by atoms with Crippen LogP contribution in [0.25, 0.3) is 0 Å². The fraction of sp³-hybridized carbons (Fsp3) is 0.846. The Balaban J connectivity index is 4.45. The second kappa shape index (κ2) is 8.08. The van der Waals surface area contributed by atoms with Crippen LogP contribution in [0.1, 0.15) is 27.7 Å². The highest BCUT2D eigenvalue weighted by molar-refractivity contribution is 5.81. The third kappa shape index (κ3) is 4.64. The Hall–Kier alpha value is -1.10. The van der Waals surface area contributed by atoms with E-state index >= 15 is 0 Å². The lowest BCUT2D eigenvalue weighted by atomic mass is 10.1. The highest BCUT2D eigenvalue weighted by Crippen LogP contribution is 2.07. The summed E-state index contributed by atoms with van der Waals surface area (Å²) in [6, 6.07) is -0.225. The molecule has 0 aliphatic carbocycles. The number of ether oxygens (including phenoxy) is 1. The summed E-state index contributed by atoms with van der Waals surface area (Å²) in [5.41, 5.74) is 0. The van der Waals surface area contributed by atoms with E-state index in [0.717, 1.165) is 0 Å². The minimum atomic E-state index is -0.246. The van der Waals surface area contributed by atoms with Crippen molar-refractivity contribution in [3.8, 4) is 0 Å². The van der Waals surface area contributed by atoms with Crippen molar-refractivity contribution in [2.45, 2.75) is 33.7 Å². The molecule has 2 unspecified atom stereocenters. The molecule has 0 saturated heterocycles. The molecule has 0 aliphatic rings. The Kier molecular flexibility index (Phi) is 7.59. The van der Waals surface area contributed by atoms with Crippen LogP contribution in [0.2, 0.25) is 0 Å². The van der Waals surface area contributed by atoms with E-state index in [-0.39, 0.29) is 23.8 Å². The Labute approximate surface area is 110 Å². The third-order valence-corrected chi connectivity index (χ3v) is 3.26. The molecule has 5 nitrogen and oxygen atoms in total. The molecule has 5 heteroatoms. The molecule has 0 aromatic rings. The summed E-state index contributed by atoms with van der Waals surface area (Å²) in [7, 11) is 3.23. The Morgan fingerprint density at radius 3 is 2.06 bits per heavy atom. The second-order valence-corrected chi connectivity index (χ2v) is 4.55. The Morgan fingerprint density at radius 2 is 1.67 bits per heavy atom. The SMILES string of the molecule is CCN(CC)C(=O)C(C)N(C)CC(C)C(=O)OC. The molecular weight excluding hydrogens is 232 g/mol. The molecule has 0 aromatic heterocycles. The number of rotatable bonds is 7. The summed E-state index contributed by atoms with van der Waals surface area (Å²) < 4.78 is 4.68. The molecule has 0 aliphatic heterocycles. The highest BCUT2D eigenvalue weighted by Gasteiger charge is 2.25. The molecule has 0 bridgehead atoms. The van der Waals surface area contributed by atoms with Crippen LogP contribution in [0, 0.1) is 5.92 Å². The van der Waals surface area contributed by atoms with Gasteiger partial charge in [0.05, 0.1) is 19.1 Å². The summed E-state index contributed by atoms with van der Waals surface area (Å²) in [4.78, 5) is 27.2. The Bertz CT molecular complexity index is 277. The molecule has 0 saturated carbocycles. The molecule has 1 amide bonds. The van der Waals surface area contributed by atoms with E-state index < -0.39 is 0 Å². The number of hydrogen-bond acceptors (Lipinski definition) is 4. The van der Waals surface area contributed by atoms with Gasteiger partial charge in [0, 0.05) is 19.6 Å². The summed E-state index contributed by atoms with van der Waals surface area (Å²) in [5, 5.41) is 0. The van der Waals surface area contributed by atoms with Crippen molar-refractivity contribution >= 4 is 11.9 Å². The zero-order valence-electron chi connectivity index (χ0n) is 12.4. The number of nitrogens with zero attached hydrogens (tertiary/aromatic N) is 2. The van der Waals surface area contributed by atoms with Gasteiger partial charge in [-0.05, 0) is 27.8 Å². The van der Waals surface area contributed by atoms with Crippen LogP contribution in [-0.4, -0.2) is 61.5 Å². The van der Waals surface area contributed by atoms with Crippen molar-refractivity contribution in [1.29, 1.82) is 0 Å². The molecule has 0 radical (unpaired) electrons. The predicted octanol–water partition coefficient (Wildman–Crippen LogP) is 0.984. The van der Waals surface area contributed by atoms with E-state index in [9.17, 15) is 9.59 Å². The van der Waals surface area contributed by atoms with E-state index in [1.165, 1.54) is 7.11 Å². The van der Waals surface area contributed by atoms with E-state index in [2.05, 4.69) is 4.74 Å². The topological polar surface area (TPSA) is 49.9 Å². The molecule has 0 N–H and O–H groups in total. The first kappa shape index (κ1) is 16.9. The van der Waals surface area contributed by atoms with Crippen LogP contribution in [0.4, 0.5) is 0 Å². The zero-order chi connectivity index (χ0) is 14.3. The van der Waals surface area contributed by atoms with Crippen LogP contribution >= 0.6 is 0 Å². The maximum atomic E-state index is 12.1. The van der Waals surface area contributed by atoms with Gasteiger partial charge in [-0.3, -0.25) is 14.5 Å². The first-order valence-corrected chi connectivity index (χ1v) is 6.45. The molecule has 0 aromatic carbocycles. The van der Waals surface area contributed by atoms with Crippen LogP contribution in [0.5, 0.6) is 0 Å². The first-order chi connectivity index (χ1) is 8.38. The number of hydrogen-bond donors (Lipinski definition) is 0. The fourth-order valence-corrected chi connectivity index (χ4v) is 1.85. The predicted molar refractivity (Wildman–Crippen MR) is 71.2 cm³/mol. The summed E-state index contributed by atoms with van der Waals surface area (Å²) >= 11 is 0. The number of esters is 1. The summed E-state index contributed by atoms with van der Waals surface area (Å²) in [6.45, 7) is 9.53. The van der Waals surface area contributed by atoms with Crippen LogP contribution in [0.15, 0.2) is 0 Å². The van der Waals surface area contributed by atoms with Gasteiger partial charge in [0.2, 0.25) is 5.91 Å². The van der Waals surface area contributed by atoms with E-state index in [4.69, 9.17) is 0 Å². The zero-order valence-corrected chi connectivity index (χ0v) is 12.4. The standard InChI is InChI=1S/C13H26N2O3/c1-7-15(8-2)12(16)11(4)14(5)9-10(3)13(17)18-6/h10-11H,7-9H2,1-6H3. The monoisotopic (exact) mass is 258 g/mol. The normalized spacial score (nSPS) is 14.2. The minimum Gasteiger partial charge on any atom is -0.469 e. The van der Waals surface area contributed by atoms with Crippen LogP contribution in [0.3, 0.4) is 0 Å². The van der Waals surface area contributed by atoms with Crippen molar-refractivity contribution in [3.05, 3.63) is 0 Å². The van der Waals surface area contributed by atoms with E-state index in [1.807, 2.05) is 32.7 Å². The van der Waals surface area contributed by atoms with Crippen molar-refractivity contribution < 1.29 is 14.3 Å². The highest BCUT2D eigenvalue weighted by atomic mass is 16.5. The fourth-order valence-electron chi connectivity index (χ4n) is 1.85. The van der Waals surface area contributed by atoms with Gasteiger partial charge in [-0.1, -0.05) is 6.92 Å². The molecule has 0 spiro atoms. The molecule has 0 heterocycles. The van der Waals surface area contributed by atoms with Crippen molar-refractivity contribution in [2.75, 3.05) is 33.8 Å². The molecule has 2 atom stereocenters. The first-order valence-electron chi connectivity index (χ1n) is 6.45. The molecule has 0 fully saturated rings. The van der Waals surface area contributed by atoms with Crippen molar-refractivity contribution in [1.82, 2.24) is 9.80 Å². The van der Waals surface area contributed by atoms with Gasteiger partial charge in [0.25, 0.3) is 0 Å². The largest absolute Gasteiger partial charge is 0.469 e. The number of likely N-dealkylation sites (N-methyl/N-ethyl adjacent to an activating group) is 2. The van der Waals surface area contributed by atoms with E-state index in [1.54, 1.807) is 11.8 Å². The summed E-state index contributed by atoms with van der Waals surface area (Å²) in [6.07, 6.45) is 0. The second-order valence-electron chi connectivity index (χ2n) is 4.55. The average Bonchev–Trinajstić information content (AvgIpc) is 2.37. The lowest BCUT2D eigenvalue weighted by molar-refractivity contribution is -0.146. The van der Waals surface area contributed by atoms with Crippen LogP contribution in [-0.2, 0) is 14.3 Å². The van der Waals surface area contributed by atoms with Crippen molar-refractivity contribution in [2.24, 2.45) is 5.92 Å². The molecule has 18 heavy (non-hydrogen) atoms. The van der Waals surface area contributed by atoms with Crippen LogP contribution < -0.4 is 0 Å². The van der Waals surface area contributed by atoms with E-state index in [0.29, 0.717) is 19.6 Å². The number of methoxy groups -OCH3 is 1. The maximum Gasteiger partial charge on any atom is 0.309 e. The van der Waals surface area contributed by atoms with Crippen molar-refractivity contribution in [3.63, 3.8) is 0 Å². The summed E-state index contributed by atoms with van der Waals surface area (Å²) in [5.74, 6) is -0.379. The van der Waals surface area contributed by atoms with Gasteiger partial charge >= 0.3 is 5.97 Å². The maximum absolute atomic E-state index is 12.1. The van der Waals surface area contributed by atoms with Gasteiger partial charge in [-0.2, -0.15) is 0 Å².